The van der Waals surface area contributed by atoms with Crippen LogP contribution in [0.5, 0.6) is 11.5 Å². The number of aryl methyl sites for hydroxylation is 1. The maximum Gasteiger partial charge on any atom is 0.233 e. The van der Waals surface area contributed by atoms with Crippen LogP contribution in [0.25, 0.3) is 11.5 Å². The number of aromatic nitrogens is 1. The Bertz CT molecular complexity index is 1160. The second-order valence-corrected chi connectivity index (χ2v) is 8.97. The predicted octanol–water partition coefficient (Wildman–Crippen LogP) is 3.70. The molecular weight excluding hydrogens is 420 g/mol. The van der Waals surface area contributed by atoms with Gasteiger partial charge >= 0.3 is 0 Å². The zero-order valence-corrected chi connectivity index (χ0v) is 18.2. The van der Waals surface area contributed by atoms with Crippen LogP contribution in [0, 0.1) is 6.92 Å². The van der Waals surface area contributed by atoms with Gasteiger partial charge in [0.15, 0.2) is 11.5 Å². The lowest BCUT2D eigenvalue weighted by Crippen LogP contribution is -2.16. The monoisotopic (exact) mass is 444 g/mol. The second-order valence-electron chi connectivity index (χ2n) is 7.10. The maximum atomic E-state index is 13.4. The van der Waals surface area contributed by atoms with Crippen LogP contribution in [0.3, 0.4) is 0 Å². The smallest absolute Gasteiger partial charge is 0.233 e. The Balaban J connectivity index is 1.72. The van der Waals surface area contributed by atoms with Crippen molar-refractivity contribution in [3.05, 3.63) is 48.0 Å². The first-order valence-corrected chi connectivity index (χ1v) is 11.4. The summed E-state index contributed by atoms with van der Waals surface area (Å²) in [7, 11) is -2.36. The molecule has 4 rings (SSSR count). The number of oxazole rings is 1. The number of hydrogen-bond acceptors (Lipinski definition) is 8. The highest BCUT2D eigenvalue weighted by Gasteiger charge is 2.30. The molecule has 0 spiro atoms. The molecule has 0 fully saturated rings. The normalized spacial score (nSPS) is 13.2. The molecule has 0 unspecified atom stereocenters. The fourth-order valence-electron chi connectivity index (χ4n) is 3.14. The van der Waals surface area contributed by atoms with Gasteiger partial charge in [-0.05, 0) is 37.6 Å². The van der Waals surface area contributed by atoms with E-state index in [1.807, 2.05) is 31.2 Å². The van der Waals surface area contributed by atoms with Crippen LogP contribution in [0.15, 0.2) is 56.8 Å². The molecule has 1 aromatic heterocycles. The van der Waals surface area contributed by atoms with Gasteiger partial charge in [-0.25, -0.2) is 8.42 Å². The first-order chi connectivity index (χ1) is 15.0. The van der Waals surface area contributed by atoms with Gasteiger partial charge in [0.1, 0.15) is 13.2 Å². The Morgan fingerprint density at radius 2 is 1.81 bits per heavy atom. The lowest BCUT2D eigenvalue weighted by atomic mass is 10.1. The molecule has 2 aromatic carbocycles. The number of anilines is 1. The van der Waals surface area contributed by atoms with Crippen LogP contribution < -0.4 is 14.8 Å². The van der Waals surface area contributed by atoms with Crippen molar-refractivity contribution in [2.24, 2.45) is 0 Å². The number of nitrogens with one attached hydrogen (secondary N) is 1. The minimum absolute atomic E-state index is 0.0560. The van der Waals surface area contributed by atoms with E-state index >= 15 is 0 Å². The van der Waals surface area contributed by atoms with E-state index in [0.717, 1.165) is 5.56 Å². The van der Waals surface area contributed by atoms with E-state index in [4.69, 9.17) is 18.6 Å². The number of methoxy groups -OCH3 is 1. The molecule has 0 amide bonds. The van der Waals surface area contributed by atoms with Gasteiger partial charge in [0.25, 0.3) is 0 Å². The number of benzene rings is 2. The van der Waals surface area contributed by atoms with Crippen LogP contribution in [-0.2, 0) is 14.6 Å². The average Bonchev–Trinajstić information content (AvgIpc) is 3.22. The van der Waals surface area contributed by atoms with E-state index in [1.54, 1.807) is 13.2 Å². The highest BCUT2D eigenvalue weighted by molar-refractivity contribution is 7.91. The van der Waals surface area contributed by atoms with E-state index in [0.29, 0.717) is 49.8 Å². The molecule has 8 nitrogen and oxygen atoms in total. The number of ether oxygens (including phenoxy) is 3. The molecule has 164 valence electrons. The summed E-state index contributed by atoms with van der Waals surface area (Å²) in [4.78, 5) is 4.40. The largest absolute Gasteiger partial charge is 0.486 e. The molecule has 31 heavy (non-hydrogen) atoms. The van der Waals surface area contributed by atoms with Crippen molar-refractivity contribution in [2.45, 2.75) is 23.3 Å². The minimum atomic E-state index is -3.98. The van der Waals surface area contributed by atoms with Crippen molar-refractivity contribution in [1.29, 1.82) is 0 Å². The van der Waals surface area contributed by atoms with Crippen LogP contribution >= 0.6 is 0 Å². The number of rotatable bonds is 8. The predicted molar refractivity (Wildman–Crippen MR) is 115 cm³/mol. The Hall–Kier alpha value is -3.04. The van der Waals surface area contributed by atoms with Crippen molar-refractivity contribution < 1.29 is 27.0 Å². The number of nitrogens with zero attached hydrogens (tertiary/aromatic N) is 1. The van der Waals surface area contributed by atoms with E-state index in [1.165, 1.54) is 12.1 Å². The topological polar surface area (TPSA) is 99.9 Å². The van der Waals surface area contributed by atoms with Crippen molar-refractivity contribution in [2.75, 3.05) is 38.8 Å². The lowest BCUT2D eigenvalue weighted by Gasteiger charge is -2.18. The Morgan fingerprint density at radius 1 is 1.06 bits per heavy atom. The van der Waals surface area contributed by atoms with Crippen molar-refractivity contribution in [3.63, 3.8) is 0 Å². The van der Waals surface area contributed by atoms with Crippen molar-refractivity contribution in [3.8, 4) is 23.0 Å². The fourth-order valence-corrected chi connectivity index (χ4v) is 4.43. The summed E-state index contributed by atoms with van der Waals surface area (Å²) in [5, 5.41) is 2.87. The molecule has 0 bridgehead atoms. The van der Waals surface area contributed by atoms with E-state index in [-0.39, 0.29) is 21.7 Å². The van der Waals surface area contributed by atoms with Gasteiger partial charge in [0.05, 0.1) is 4.90 Å². The molecular formula is C22H24N2O6S. The Kier molecular flexibility index (Phi) is 6.15. The van der Waals surface area contributed by atoms with Gasteiger partial charge in [-0.1, -0.05) is 17.7 Å². The summed E-state index contributed by atoms with van der Waals surface area (Å²) in [5.74, 6) is 1.24. The van der Waals surface area contributed by atoms with E-state index < -0.39 is 9.84 Å². The van der Waals surface area contributed by atoms with Crippen molar-refractivity contribution >= 4 is 15.7 Å². The Labute approximate surface area is 181 Å². The summed E-state index contributed by atoms with van der Waals surface area (Å²) in [6.45, 7) is 3.78. The molecule has 9 heteroatoms. The van der Waals surface area contributed by atoms with Crippen LogP contribution in [0.4, 0.5) is 5.88 Å². The zero-order chi connectivity index (χ0) is 21.8. The molecule has 0 aliphatic carbocycles. The molecule has 0 saturated carbocycles. The van der Waals surface area contributed by atoms with Crippen LogP contribution in [-0.4, -0.2) is 46.9 Å². The second kappa shape index (κ2) is 8.99. The molecule has 1 N–H and O–H groups in total. The molecule has 0 saturated heterocycles. The average molecular weight is 445 g/mol. The van der Waals surface area contributed by atoms with E-state index in [2.05, 4.69) is 10.3 Å². The lowest BCUT2D eigenvalue weighted by molar-refractivity contribution is 0.171. The number of fused-ring (bicyclic) bond motifs is 1. The zero-order valence-electron chi connectivity index (χ0n) is 17.4. The molecule has 1 aliphatic rings. The van der Waals surface area contributed by atoms with Gasteiger partial charge < -0.3 is 23.9 Å². The minimum Gasteiger partial charge on any atom is -0.486 e. The molecule has 3 aromatic rings. The highest BCUT2D eigenvalue weighted by Crippen LogP contribution is 2.37. The van der Waals surface area contributed by atoms with E-state index in [9.17, 15) is 8.42 Å². The first-order valence-electron chi connectivity index (χ1n) is 9.94. The summed E-state index contributed by atoms with van der Waals surface area (Å²) < 4.78 is 48.8. The van der Waals surface area contributed by atoms with Gasteiger partial charge in [-0.2, -0.15) is 4.98 Å². The van der Waals surface area contributed by atoms with Crippen molar-refractivity contribution in [1.82, 2.24) is 4.98 Å². The first kappa shape index (κ1) is 21.2. The van der Waals surface area contributed by atoms with Gasteiger partial charge in [0, 0.05) is 31.9 Å². The summed E-state index contributed by atoms with van der Waals surface area (Å²) >= 11 is 0. The summed E-state index contributed by atoms with van der Waals surface area (Å²) in [5.41, 5.74) is 1.77. The third-order valence-electron chi connectivity index (χ3n) is 4.78. The molecule has 0 radical (unpaired) electrons. The molecule has 1 aliphatic heterocycles. The van der Waals surface area contributed by atoms with Gasteiger partial charge in [-0.15, -0.1) is 0 Å². The standard InChI is InChI=1S/C22H24N2O6S/c1-15-4-6-16(7-5-15)20-24-22(21(30-20)23-10-3-11-27-2)31(25,26)17-8-9-18-19(14-17)29-13-12-28-18/h4-9,14,23H,3,10-13H2,1-2H3. The number of sulfone groups is 1. The number of hydrogen-bond donors (Lipinski definition) is 1. The maximum absolute atomic E-state index is 13.4. The van der Waals surface area contributed by atoms with Gasteiger partial charge in [0.2, 0.25) is 26.6 Å². The fraction of sp³-hybridized carbons (Fsp3) is 0.318. The summed E-state index contributed by atoms with van der Waals surface area (Å²) in [6.07, 6.45) is 0.681. The summed E-state index contributed by atoms with van der Waals surface area (Å²) in [6, 6.07) is 12.1. The third kappa shape index (κ3) is 4.52. The molecule has 0 atom stereocenters. The third-order valence-corrected chi connectivity index (χ3v) is 6.44. The van der Waals surface area contributed by atoms with Gasteiger partial charge in [-0.3, -0.25) is 0 Å². The SMILES string of the molecule is COCCCNc1oc(-c2ccc(C)cc2)nc1S(=O)(=O)c1ccc2c(c1)OCCO2. The molecule has 2 heterocycles. The van der Waals surface area contributed by atoms with Crippen LogP contribution in [0.1, 0.15) is 12.0 Å². The van der Waals surface area contributed by atoms with Crippen LogP contribution in [0.2, 0.25) is 0 Å². The Morgan fingerprint density at radius 3 is 2.55 bits per heavy atom. The highest BCUT2D eigenvalue weighted by atomic mass is 32.2. The quantitative estimate of drug-likeness (QED) is 0.525.